The topological polar surface area (TPSA) is 102 Å². The van der Waals surface area contributed by atoms with Crippen LogP contribution in [0.2, 0.25) is 0 Å². The molecule has 9 nitrogen and oxygen atoms in total. The lowest BCUT2D eigenvalue weighted by molar-refractivity contribution is -0.109. The van der Waals surface area contributed by atoms with Crippen molar-refractivity contribution in [3.63, 3.8) is 0 Å². The zero-order chi connectivity index (χ0) is 30.0. The fraction of sp³-hybridized carbons (Fsp3) is 0.515. The van der Waals surface area contributed by atoms with Crippen molar-refractivity contribution in [3.05, 3.63) is 65.6 Å². The third-order valence-corrected chi connectivity index (χ3v) is 8.98. The summed E-state index contributed by atoms with van der Waals surface area (Å²) in [4.78, 5) is 25.1. The molecule has 3 aromatic rings. The van der Waals surface area contributed by atoms with Gasteiger partial charge in [-0.2, -0.15) is 0 Å². The van der Waals surface area contributed by atoms with Gasteiger partial charge in [0.05, 0.1) is 6.20 Å². The maximum Gasteiger partial charge on any atom is 0.207 e. The van der Waals surface area contributed by atoms with E-state index < -0.39 is 0 Å². The molecule has 7 rings (SSSR count). The number of hydrogen-bond donors (Lipinski definition) is 2. The van der Waals surface area contributed by atoms with E-state index in [1.54, 1.807) is 24.7 Å². The van der Waals surface area contributed by atoms with E-state index in [0.29, 0.717) is 29.7 Å². The van der Waals surface area contributed by atoms with Gasteiger partial charge in [0.25, 0.3) is 0 Å². The standard InChI is InChI=1S/C29H32FN5O2.C4H9NO/c1-18-8-19(9-18)22-10-20(30)2-3-25(22)37-27-14-32-17-34-28(27)35-15-29(16-35)11-21(12-29)36-26-5-7-33-24-4-6-31-13-23(24)26;1-4(2)5-3-6/h2-3,5,7,10,14,17-19,21,31H,4,6,8-9,11-13,15-16H2,1H3;3-4H,1-2H3,(H,5,6). The van der Waals surface area contributed by atoms with Crippen LogP contribution in [0.15, 0.2) is 43.0 Å². The quantitative estimate of drug-likeness (QED) is 0.349. The lowest BCUT2D eigenvalue weighted by Crippen LogP contribution is -2.65. The molecule has 1 amide bonds. The summed E-state index contributed by atoms with van der Waals surface area (Å²) < 4.78 is 26.8. The minimum Gasteiger partial charge on any atom is -0.490 e. The van der Waals surface area contributed by atoms with E-state index in [4.69, 9.17) is 9.47 Å². The molecule has 0 unspecified atom stereocenters. The molecule has 4 aliphatic rings. The molecule has 2 N–H and O–H groups in total. The maximum absolute atomic E-state index is 14.1. The Bertz CT molecular complexity index is 1430. The number of carbonyl (C=O) groups excluding carboxylic acids is 1. The van der Waals surface area contributed by atoms with Crippen LogP contribution in [0.4, 0.5) is 10.2 Å². The monoisotopic (exact) mass is 588 g/mol. The van der Waals surface area contributed by atoms with Crippen LogP contribution in [-0.2, 0) is 17.8 Å². The fourth-order valence-corrected chi connectivity index (χ4v) is 6.75. The number of carbonyl (C=O) groups is 1. The molecule has 228 valence electrons. The minimum absolute atomic E-state index is 0.221. The van der Waals surface area contributed by atoms with E-state index in [1.807, 2.05) is 26.1 Å². The Morgan fingerprint density at radius 1 is 1.14 bits per heavy atom. The Hall–Kier alpha value is -3.79. The lowest BCUT2D eigenvalue weighted by Gasteiger charge is -2.59. The van der Waals surface area contributed by atoms with Gasteiger partial charge in [-0.3, -0.25) is 9.78 Å². The summed E-state index contributed by atoms with van der Waals surface area (Å²) in [6, 6.07) is 7.11. The number of hydrogen-bond acceptors (Lipinski definition) is 8. The highest BCUT2D eigenvalue weighted by Crippen LogP contribution is 2.52. The number of pyridine rings is 1. The third kappa shape index (κ3) is 6.44. The average molecular weight is 589 g/mol. The first-order valence-corrected chi connectivity index (χ1v) is 15.4. The third-order valence-electron chi connectivity index (χ3n) is 8.98. The molecule has 4 heterocycles. The van der Waals surface area contributed by atoms with Gasteiger partial charge in [0.15, 0.2) is 11.6 Å². The normalized spacial score (nSPS) is 21.8. The van der Waals surface area contributed by atoms with E-state index in [9.17, 15) is 9.18 Å². The van der Waals surface area contributed by atoms with E-state index in [0.717, 1.165) is 81.1 Å². The van der Waals surface area contributed by atoms with Crippen molar-refractivity contribution < 1.29 is 18.7 Å². The van der Waals surface area contributed by atoms with Crippen LogP contribution in [0.1, 0.15) is 69.2 Å². The number of benzene rings is 1. The highest BCUT2D eigenvalue weighted by Gasteiger charge is 2.54. The predicted molar refractivity (Wildman–Crippen MR) is 162 cm³/mol. The van der Waals surface area contributed by atoms with Crippen LogP contribution in [0.5, 0.6) is 17.2 Å². The summed E-state index contributed by atoms with van der Waals surface area (Å²) in [5.41, 5.74) is 3.58. The number of amides is 1. The van der Waals surface area contributed by atoms with Gasteiger partial charge in [0.1, 0.15) is 29.7 Å². The lowest BCUT2D eigenvalue weighted by atomic mass is 9.61. The second kappa shape index (κ2) is 12.4. The molecular weight excluding hydrogens is 547 g/mol. The van der Waals surface area contributed by atoms with Gasteiger partial charge in [-0.25, -0.2) is 14.4 Å². The zero-order valence-corrected chi connectivity index (χ0v) is 25.2. The van der Waals surface area contributed by atoms with Gasteiger partial charge in [-0.1, -0.05) is 6.92 Å². The van der Waals surface area contributed by atoms with E-state index >= 15 is 0 Å². The molecule has 2 aliphatic carbocycles. The van der Waals surface area contributed by atoms with Gasteiger partial charge < -0.3 is 25.0 Å². The van der Waals surface area contributed by atoms with Gasteiger partial charge in [-0.15, -0.1) is 0 Å². The van der Waals surface area contributed by atoms with Crippen molar-refractivity contribution in [3.8, 4) is 17.2 Å². The Kier molecular flexibility index (Phi) is 8.47. The van der Waals surface area contributed by atoms with Crippen LogP contribution in [0.3, 0.4) is 0 Å². The summed E-state index contributed by atoms with van der Waals surface area (Å²) in [6.07, 6.45) is 11.3. The molecule has 1 spiro atoms. The molecule has 1 saturated heterocycles. The van der Waals surface area contributed by atoms with Gasteiger partial charge in [0.2, 0.25) is 6.41 Å². The second-order valence-electron chi connectivity index (χ2n) is 12.9. The first-order chi connectivity index (χ1) is 20.8. The molecule has 0 radical (unpaired) electrons. The number of fused-ring (bicyclic) bond motifs is 1. The summed E-state index contributed by atoms with van der Waals surface area (Å²) in [6.45, 7) is 9.71. The van der Waals surface area contributed by atoms with Crippen LogP contribution in [0, 0.1) is 17.2 Å². The Balaban J connectivity index is 0.000000501. The van der Waals surface area contributed by atoms with Crippen molar-refractivity contribution in [2.75, 3.05) is 24.5 Å². The Labute approximate surface area is 252 Å². The number of nitrogens with one attached hydrogen (secondary N) is 2. The van der Waals surface area contributed by atoms with Crippen LogP contribution < -0.4 is 25.0 Å². The summed E-state index contributed by atoms with van der Waals surface area (Å²) in [5, 5.41) is 5.96. The number of rotatable bonds is 8. The summed E-state index contributed by atoms with van der Waals surface area (Å²) in [7, 11) is 0. The fourth-order valence-electron chi connectivity index (χ4n) is 6.75. The first kappa shape index (κ1) is 29.3. The van der Waals surface area contributed by atoms with Crippen molar-refractivity contribution in [2.45, 2.75) is 77.5 Å². The van der Waals surface area contributed by atoms with E-state index in [1.165, 1.54) is 11.6 Å². The number of anilines is 1. The van der Waals surface area contributed by atoms with Crippen LogP contribution >= 0.6 is 0 Å². The maximum atomic E-state index is 14.1. The van der Waals surface area contributed by atoms with Gasteiger partial charge in [0, 0.05) is 67.1 Å². The highest BCUT2D eigenvalue weighted by atomic mass is 19.1. The molecule has 3 fully saturated rings. The largest absolute Gasteiger partial charge is 0.490 e. The number of halogens is 1. The van der Waals surface area contributed by atoms with Crippen LogP contribution in [0.25, 0.3) is 0 Å². The van der Waals surface area contributed by atoms with Crippen molar-refractivity contribution in [1.82, 2.24) is 25.6 Å². The van der Waals surface area contributed by atoms with Gasteiger partial charge in [-0.05, 0) is 75.6 Å². The number of nitrogens with zero attached hydrogens (tertiary/aromatic N) is 4. The Morgan fingerprint density at radius 2 is 1.95 bits per heavy atom. The molecule has 2 aromatic heterocycles. The number of aromatic nitrogens is 3. The minimum atomic E-state index is -0.221. The molecule has 10 heteroatoms. The van der Waals surface area contributed by atoms with Crippen molar-refractivity contribution in [1.29, 1.82) is 0 Å². The molecule has 0 atom stereocenters. The smallest absolute Gasteiger partial charge is 0.207 e. The first-order valence-electron chi connectivity index (χ1n) is 15.4. The molecule has 2 aliphatic heterocycles. The summed E-state index contributed by atoms with van der Waals surface area (Å²) in [5.74, 6) is 3.91. The van der Waals surface area contributed by atoms with E-state index in [-0.39, 0.29) is 23.4 Å². The molecule has 2 saturated carbocycles. The van der Waals surface area contributed by atoms with E-state index in [2.05, 4.69) is 37.4 Å². The second-order valence-corrected chi connectivity index (χ2v) is 12.9. The SMILES string of the molecule is CC(C)NC=O.CC1CC(c2cc(F)ccc2Oc2cncnc2N2CC3(CC(Oc4ccnc5c4CNCC5)C3)C2)C1. The molecule has 43 heavy (non-hydrogen) atoms. The molecular formula is C33H41FN6O3. The molecule has 0 bridgehead atoms. The predicted octanol–water partition coefficient (Wildman–Crippen LogP) is 5.15. The Morgan fingerprint density at radius 3 is 2.67 bits per heavy atom. The molecule has 1 aromatic carbocycles. The highest BCUT2D eigenvalue weighted by molar-refractivity contribution is 5.56. The van der Waals surface area contributed by atoms with Gasteiger partial charge >= 0.3 is 0 Å². The van der Waals surface area contributed by atoms with Crippen molar-refractivity contribution in [2.24, 2.45) is 11.3 Å². The zero-order valence-electron chi connectivity index (χ0n) is 25.2. The number of ether oxygens (including phenoxy) is 2. The van der Waals surface area contributed by atoms with Crippen LogP contribution in [-0.4, -0.2) is 53.1 Å². The van der Waals surface area contributed by atoms with Crippen molar-refractivity contribution >= 4 is 12.2 Å². The summed E-state index contributed by atoms with van der Waals surface area (Å²) >= 11 is 0. The average Bonchev–Trinajstić information content (AvgIpc) is 2.94.